The maximum Gasteiger partial charge on any atom is 0.341 e. The van der Waals surface area contributed by atoms with Gasteiger partial charge in [0.05, 0.1) is 29.9 Å². The van der Waals surface area contributed by atoms with Crippen molar-refractivity contribution in [2.24, 2.45) is 5.92 Å². The fraction of sp³-hybridized carbons (Fsp3) is 0.450. The lowest BCUT2D eigenvalue weighted by atomic mass is 9.85. The molecule has 8 heteroatoms. The van der Waals surface area contributed by atoms with E-state index in [9.17, 15) is 9.59 Å². The molecule has 0 N–H and O–H groups in total. The Balaban J connectivity index is 1.14. The summed E-state index contributed by atoms with van der Waals surface area (Å²) in [5.41, 5.74) is 10.1. The fourth-order valence-electron chi connectivity index (χ4n) is 7.85. The highest BCUT2D eigenvalue weighted by molar-refractivity contribution is 5.90. The van der Waals surface area contributed by atoms with E-state index < -0.39 is 0 Å². The zero-order valence-corrected chi connectivity index (χ0v) is 28.7. The number of carbonyl (C=O) groups excluding carboxylic acids is 2. The van der Waals surface area contributed by atoms with E-state index >= 15 is 0 Å². The third-order valence-corrected chi connectivity index (χ3v) is 10.5. The van der Waals surface area contributed by atoms with E-state index in [-0.39, 0.29) is 5.97 Å². The summed E-state index contributed by atoms with van der Waals surface area (Å²) in [6.45, 7) is 12.3. The minimum atomic E-state index is -0.354. The van der Waals surface area contributed by atoms with Crippen LogP contribution in [-0.2, 0) is 28.9 Å². The van der Waals surface area contributed by atoms with E-state index in [0.717, 1.165) is 75.2 Å². The lowest BCUT2D eigenvalue weighted by Crippen LogP contribution is -2.38. The molecule has 2 fully saturated rings. The lowest BCUT2D eigenvalue weighted by molar-refractivity contribution is -0.133. The van der Waals surface area contributed by atoms with Gasteiger partial charge in [0.25, 0.3) is 0 Å². The van der Waals surface area contributed by atoms with Crippen molar-refractivity contribution >= 4 is 17.6 Å². The average Bonchev–Trinajstić information content (AvgIpc) is 3.80. The minimum absolute atomic E-state index is 0.307. The van der Waals surface area contributed by atoms with Crippen molar-refractivity contribution in [1.29, 1.82) is 0 Å². The average molecular weight is 646 g/mol. The number of rotatable bonds is 10. The number of hydrogen-bond acceptors (Lipinski definition) is 6. The van der Waals surface area contributed by atoms with E-state index in [1.807, 2.05) is 26.0 Å². The third-order valence-electron chi connectivity index (χ3n) is 10.5. The van der Waals surface area contributed by atoms with E-state index in [1.54, 1.807) is 10.9 Å². The molecule has 1 saturated carbocycles. The molecule has 2 aromatic carbocycles. The standard InChI is InChI=1S/C40H47N5O3/c1-5-28-22-27(14-17-32(28)29-18-20-43(21-19-29)39(46)30-15-16-30)25-44-24-26(4)31-10-8-11-33(38(31)44)35-12-9-13-37(42-35)45-36(6-2)34(23-41-45)40(47)48-7-3/h8-14,17,22-23,26,29-30H,5-7,15-16,18-21,24-25H2,1-4H3. The van der Waals surface area contributed by atoms with Crippen LogP contribution >= 0.6 is 0 Å². The van der Waals surface area contributed by atoms with E-state index in [0.29, 0.717) is 48.1 Å². The first-order valence-electron chi connectivity index (χ1n) is 17.9. The molecule has 0 spiro atoms. The molecule has 7 rings (SSSR count). The van der Waals surface area contributed by atoms with Gasteiger partial charge in [-0.3, -0.25) is 4.79 Å². The van der Waals surface area contributed by atoms with Gasteiger partial charge in [0.1, 0.15) is 5.56 Å². The van der Waals surface area contributed by atoms with Gasteiger partial charge in [0.2, 0.25) is 5.91 Å². The van der Waals surface area contributed by atoms with Crippen LogP contribution in [0.15, 0.2) is 60.8 Å². The van der Waals surface area contributed by atoms with Crippen molar-refractivity contribution in [2.45, 2.75) is 84.6 Å². The van der Waals surface area contributed by atoms with Crippen LogP contribution in [0.25, 0.3) is 17.1 Å². The summed E-state index contributed by atoms with van der Waals surface area (Å²) in [5.74, 6) is 1.94. The maximum absolute atomic E-state index is 12.6. The monoisotopic (exact) mass is 645 g/mol. The second-order valence-electron chi connectivity index (χ2n) is 13.7. The smallest absolute Gasteiger partial charge is 0.341 e. The summed E-state index contributed by atoms with van der Waals surface area (Å²) in [6, 6.07) is 19.7. The Bertz CT molecular complexity index is 1820. The number of carbonyl (C=O) groups is 2. The molecule has 1 atom stereocenters. The molecule has 0 radical (unpaired) electrons. The minimum Gasteiger partial charge on any atom is -0.462 e. The van der Waals surface area contributed by atoms with Gasteiger partial charge in [-0.1, -0.05) is 63.2 Å². The summed E-state index contributed by atoms with van der Waals surface area (Å²) >= 11 is 0. The number of para-hydroxylation sites is 1. The van der Waals surface area contributed by atoms with Crippen molar-refractivity contribution < 1.29 is 14.3 Å². The normalized spacial score (nSPS) is 17.9. The predicted octanol–water partition coefficient (Wildman–Crippen LogP) is 7.48. The number of aryl methyl sites for hydroxylation is 1. The third kappa shape index (κ3) is 6.13. The van der Waals surface area contributed by atoms with Crippen LogP contribution in [0.3, 0.4) is 0 Å². The number of aromatic nitrogens is 3. The highest BCUT2D eigenvalue weighted by Crippen LogP contribution is 2.44. The van der Waals surface area contributed by atoms with Crippen molar-refractivity contribution in [3.05, 3.63) is 94.3 Å². The van der Waals surface area contributed by atoms with E-state index in [4.69, 9.17) is 9.72 Å². The number of likely N-dealkylation sites (tertiary alicyclic amines) is 1. The first-order chi connectivity index (χ1) is 23.4. The quantitative estimate of drug-likeness (QED) is 0.167. The Morgan fingerprint density at radius 2 is 1.71 bits per heavy atom. The number of nitrogens with zero attached hydrogens (tertiary/aromatic N) is 5. The van der Waals surface area contributed by atoms with Crippen molar-refractivity contribution in [3.63, 3.8) is 0 Å². The molecule has 1 saturated heterocycles. The first-order valence-corrected chi connectivity index (χ1v) is 17.9. The van der Waals surface area contributed by atoms with Gasteiger partial charge in [0, 0.05) is 43.6 Å². The molecular weight excluding hydrogens is 598 g/mol. The number of piperidine rings is 1. The van der Waals surface area contributed by atoms with Crippen LogP contribution in [0.4, 0.5) is 5.69 Å². The van der Waals surface area contributed by atoms with Gasteiger partial charge in [0.15, 0.2) is 5.82 Å². The van der Waals surface area contributed by atoms with Crippen LogP contribution in [0.1, 0.15) is 104 Å². The zero-order chi connectivity index (χ0) is 33.4. The van der Waals surface area contributed by atoms with Crippen molar-refractivity contribution in [2.75, 3.05) is 31.1 Å². The molecule has 250 valence electrons. The van der Waals surface area contributed by atoms with Crippen LogP contribution in [0, 0.1) is 5.92 Å². The molecule has 1 amide bonds. The summed E-state index contributed by atoms with van der Waals surface area (Å²) in [4.78, 5) is 34.9. The Morgan fingerprint density at radius 3 is 2.44 bits per heavy atom. The molecule has 2 aliphatic heterocycles. The van der Waals surface area contributed by atoms with Crippen molar-refractivity contribution in [1.82, 2.24) is 19.7 Å². The van der Waals surface area contributed by atoms with Gasteiger partial charge in [-0.2, -0.15) is 5.10 Å². The SMILES string of the molecule is CCOC(=O)c1cnn(-c2cccc(-c3cccc4c3N(Cc3ccc(C5CCN(C(=O)C6CC6)CC5)c(CC)c3)CC4C)n2)c1CC. The number of pyridine rings is 1. The molecular formula is C40H47N5O3. The van der Waals surface area contributed by atoms with Gasteiger partial charge < -0.3 is 14.5 Å². The topological polar surface area (TPSA) is 80.6 Å². The summed E-state index contributed by atoms with van der Waals surface area (Å²) in [6.07, 6.45) is 7.49. The van der Waals surface area contributed by atoms with E-state index in [2.05, 4.69) is 71.2 Å². The maximum atomic E-state index is 12.6. The summed E-state index contributed by atoms with van der Waals surface area (Å²) < 4.78 is 7.04. The van der Waals surface area contributed by atoms with Gasteiger partial charge >= 0.3 is 5.97 Å². The molecule has 8 nitrogen and oxygen atoms in total. The Hall–Kier alpha value is -4.46. The summed E-state index contributed by atoms with van der Waals surface area (Å²) in [7, 11) is 0. The molecule has 0 bridgehead atoms. The molecule has 3 aliphatic rings. The van der Waals surface area contributed by atoms with Crippen molar-refractivity contribution in [3.8, 4) is 17.1 Å². The first kappa shape index (κ1) is 32.1. The van der Waals surface area contributed by atoms with Gasteiger partial charge in [-0.15, -0.1) is 0 Å². The van der Waals surface area contributed by atoms with Crippen LogP contribution in [-0.4, -0.2) is 57.8 Å². The molecule has 48 heavy (non-hydrogen) atoms. The van der Waals surface area contributed by atoms with E-state index in [1.165, 1.54) is 27.9 Å². The molecule has 4 heterocycles. The van der Waals surface area contributed by atoms with Gasteiger partial charge in [-0.05, 0) is 85.8 Å². The second kappa shape index (κ2) is 13.6. The number of benzene rings is 2. The molecule has 1 aliphatic carbocycles. The molecule has 1 unspecified atom stereocenters. The largest absolute Gasteiger partial charge is 0.462 e. The zero-order valence-electron chi connectivity index (χ0n) is 28.7. The highest BCUT2D eigenvalue weighted by Gasteiger charge is 2.35. The Morgan fingerprint density at radius 1 is 0.917 bits per heavy atom. The molecule has 4 aromatic rings. The number of amides is 1. The fourth-order valence-corrected chi connectivity index (χ4v) is 7.85. The van der Waals surface area contributed by atoms with Crippen LogP contribution in [0.2, 0.25) is 0 Å². The lowest BCUT2D eigenvalue weighted by Gasteiger charge is -2.33. The predicted molar refractivity (Wildman–Crippen MR) is 189 cm³/mol. The number of fused-ring (bicyclic) bond motifs is 1. The number of hydrogen-bond donors (Lipinski definition) is 0. The Labute approximate surface area is 284 Å². The molecule has 2 aromatic heterocycles. The number of esters is 1. The second-order valence-corrected chi connectivity index (χ2v) is 13.7. The van der Waals surface area contributed by atoms with Crippen LogP contribution < -0.4 is 4.90 Å². The van der Waals surface area contributed by atoms with Gasteiger partial charge in [-0.25, -0.2) is 14.5 Å². The highest BCUT2D eigenvalue weighted by atomic mass is 16.5. The number of ether oxygens (including phenoxy) is 1. The Kier molecular flexibility index (Phi) is 9.08. The number of anilines is 1. The van der Waals surface area contributed by atoms with Crippen LogP contribution in [0.5, 0.6) is 0 Å². The summed E-state index contributed by atoms with van der Waals surface area (Å²) in [5, 5.41) is 4.55.